The van der Waals surface area contributed by atoms with Gasteiger partial charge in [0.2, 0.25) is 5.91 Å². The SMILES string of the molecule is CN1CC2CCNCC2(Cc2ccccc2)C1=O.Cl. The van der Waals surface area contributed by atoms with E-state index in [-0.39, 0.29) is 17.8 Å². The molecule has 2 heterocycles. The molecular weight excluding hydrogens is 260 g/mol. The fourth-order valence-corrected chi connectivity index (χ4v) is 3.56. The van der Waals surface area contributed by atoms with Gasteiger partial charge in [-0.15, -0.1) is 12.4 Å². The molecular formula is C15H21ClN2O. The molecule has 0 aromatic heterocycles. The van der Waals surface area contributed by atoms with Crippen molar-refractivity contribution in [1.29, 1.82) is 0 Å². The maximum Gasteiger partial charge on any atom is 0.230 e. The van der Waals surface area contributed by atoms with Gasteiger partial charge >= 0.3 is 0 Å². The van der Waals surface area contributed by atoms with Crippen molar-refractivity contribution in [3.63, 3.8) is 0 Å². The minimum absolute atomic E-state index is 0. The van der Waals surface area contributed by atoms with E-state index in [4.69, 9.17) is 0 Å². The number of likely N-dealkylation sites (tertiary alicyclic amines) is 1. The lowest BCUT2D eigenvalue weighted by atomic mass is 9.70. The van der Waals surface area contributed by atoms with E-state index in [9.17, 15) is 4.79 Å². The number of benzene rings is 1. The molecule has 0 radical (unpaired) electrons. The van der Waals surface area contributed by atoms with Crippen LogP contribution in [-0.4, -0.2) is 37.5 Å². The van der Waals surface area contributed by atoms with Crippen molar-refractivity contribution in [3.05, 3.63) is 35.9 Å². The summed E-state index contributed by atoms with van der Waals surface area (Å²) in [5.74, 6) is 0.833. The van der Waals surface area contributed by atoms with Gasteiger partial charge in [0.15, 0.2) is 0 Å². The molecule has 1 N–H and O–H groups in total. The van der Waals surface area contributed by atoms with Gasteiger partial charge in [-0.1, -0.05) is 30.3 Å². The molecule has 1 aromatic rings. The molecule has 104 valence electrons. The second kappa shape index (κ2) is 5.51. The average molecular weight is 281 g/mol. The molecule has 3 nitrogen and oxygen atoms in total. The van der Waals surface area contributed by atoms with Crippen LogP contribution >= 0.6 is 12.4 Å². The molecule has 0 bridgehead atoms. The van der Waals surface area contributed by atoms with Gasteiger partial charge in [0, 0.05) is 20.1 Å². The van der Waals surface area contributed by atoms with Gasteiger partial charge in [-0.3, -0.25) is 4.79 Å². The number of nitrogens with one attached hydrogen (secondary N) is 1. The maximum absolute atomic E-state index is 12.6. The van der Waals surface area contributed by atoms with E-state index >= 15 is 0 Å². The molecule has 4 heteroatoms. The fourth-order valence-electron chi connectivity index (χ4n) is 3.56. The lowest BCUT2D eigenvalue weighted by molar-refractivity contribution is -0.136. The number of halogens is 1. The summed E-state index contributed by atoms with van der Waals surface area (Å²) in [6.45, 7) is 2.80. The summed E-state index contributed by atoms with van der Waals surface area (Å²) < 4.78 is 0. The molecule has 2 saturated heterocycles. The number of hydrogen-bond donors (Lipinski definition) is 1. The molecule has 0 spiro atoms. The van der Waals surface area contributed by atoms with E-state index < -0.39 is 0 Å². The van der Waals surface area contributed by atoms with Crippen LogP contribution < -0.4 is 5.32 Å². The summed E-state index contributed by atoms with van der Waals surface area (Å²) >= 11 is 0. The van der Waals surface area contributed by atoms with E-state index in [2.05, 4.69) is 29.6 Å². The van der Waals surface area contributed by atoms with E-state index in [1.165, 1.54) is 5.56 Å². The van der Waals surface area contributed by atoms with Gasteiger partial charge in [0.25, 0.3) is 0 Å². The minimum Gasteiger partial charge on any atom is -0.345 e. The Morgan fingerprint density at radius 1 is 1.37 bits per heavy atom. The first-order valence-corrected chi connectivity index (χ1v) is 6.72. The van der Waals surface area contributed by atoms with E-state index in [1.54, 1.807) is 0 Å². The van der Waals surface area contributed by atoms with Crippen molar-refractivity contribution in [2.45, 2.75) is 12.8 Å². The number of amides is 1. The average Bonchev–Trinajstić information content (AvgIpc) is 2.64. The van der Waals surface area contributed by atoms with E-state index in [0.717, 1.165) is 32.5 Å². The van der Waals surface area contributed by atoms with Crippen molar-refractivity contribution < 1.29 is 4.79 Å². The number of rotatable bonds is 2. The molecule has 2 fully saturated rings. The molecule has 3 rings (SSSR count). The monoisotopic (exact) mass is 280 g/mol. The number of nitrogens with zero attached hydrogens (tertiary/aromatic N) is 1. The van der Waals surface area contributed by atoms with Crippen LogP contribution in [0.4, 0.5) is 0 Å². The Morgan fingerprint density at radius 3 is 2.84 bits per heavy atom. The second-order valence-electron chi connectivity index (χ2n) is 5.67. The quantitative estimate of drug-likeness (QED) is 0.895. The molecule has 2 aliphatic rings. The molecule has 19 heavy (non-hydrogen) atoms. The lowest BCUT2D eigenvalue weighted by Gasteiger charge is -2.37. The highest BCUT2D eigenvalue weighted by atomic mass is 35.5. The predicted molar refractivity (Wildman–Crippen MR) is 78.4 cm³/mol. The van der Waals surface area contributed by atoms with Gasteiger partial charge in [-0.2, -0.15) is 0 Å². The van der Waals surface area contributed by atoms with Crippen LogP contribution in [0.1, 0.15) is 12.0 Å². The summed E-state index contributed by atoms with van der Waals surface area (Å²) in [7, 11) is 1.94. The highest BCUT2D eigenvalue weighted by molar-refractivity contribution is 5.86. The third-order valence-corrected chi connectivity index (χ3v) is 4.52. The third kappa shape index (κ3) is 2.37. The lowest BCUT2D eigenvalue weighted by Crippen LogP contribution is -2.50. The molecule has 0 saturated carbocycles. The third-order valence-electron chi connectivity index (χ3n) is 4.52. The van der Waals surface area contributed by atoms with Gasteiger partial charge in [0.1, 0.15) is 0 Å². The maximum atomic E-state index is 12.6. The van der Waals surface area contributed by atoms with Gasteiger partial charge < -0.3 is 10.2 Å². The standard InChI is InChI=1S/C15H20N2O.ClH/c1-17-10-13-7-8-16-11-15(13,14(17)18)9-12-5-3-2-4-6-12;/h2-6,13,16H,7-11H2,1H3;1H. The zero-order chi connectivity index (χ0) is 12.6. The van der Waals surface area contributed by atoms with Crippen molar-refractivity contribution in [2.24, 2.45) is 11.3 Å². The number of hydrogen-bond acceptors (Lipinski definition) is 2. The number of carbonyl (C=O) groups excluding carboxylic acids is 1. The molecule has 1 aromatic carbocycles. The van der Waals surface area contributed by atoms with Crippen LogP contribution in [0.5, 0.6) is 0 Å². The Hall–Kier alpha value is -1.06. The first-order chi connectivity index (χ1) is 8.72. The van der Waals surface area contributed by atoms with Crippen molar-refractivity contribution in [1.82, 2.24) is 10.2 Å². The number of piperidine rings is 1. The summed E-state index contributed by atoms with van der Waals surface area (Å²) in [6.07, 6.45) is 1.98. The zero-order valence-electron chi connectivity index (χ0n) is 11.3. The zero-order valence-corrected chi connectivity index (χ0v) is 12.1. The predicted octanol–water partition coefficient (Wildman–Crippen LogP) is 1.72. The summed E-state index contributed by atoms with van der Waals surface area (Å²) in [5, 5.41) is 3.42. The Bertz CT molecular complexity index is 451. The van der Waals surface area contributed by atoms with Gasteiger partial charge in [-0.25, -0.2) is 0 Å². The molecule has 0 aliphatic carbocycles. The number of carbonyl (C=O) groups is 1. The van der Waals surface area contributed by atoms with E-state index in [1.807, 2.05) is 18.0 Å². The van der Waals surface area contributed by atoms with Crippen molar-refractivity contribution in [2.75, 3.05) is 26.7 Å². The summed E-state index contributed by atoms with van der Waals surface area (Å²) in [6, 6.07) is 10.4. The minimum atomic E-state index is -0.200. The summed E-state index contributed by atoms with van der Waals surface area (Å²) in [4.78, 5) is 14.5. The van der Waals surface area contributed by atoms with Gasteiger partial charge in [0.05, 0.1) is 5.41 Å². The van der Waals surface area contributed by atoms with Crippen LogP contribution in [0.2, 0.25) is 0 Å². The van der Waals surface area contributed by atoms with Crippen LogP contribution in [-0.2, 0) is 11.2 Å². The molecule has 2 aliphatic heterocycles. The highest BCUT2D eigenvalue weighted by Crippen LogP contribution is 2.42. The van der Waals surface area contributed by atoms with Crippen LogP contribution in [0, 0.1) is 11.3 Å². The Morgan fingerprint density at radius 2 is 2.11 bits per heavy atom. The van der Waals surface area contributed by atoms with E-state index in [0.29, 0.717) is 11.8 Å². The van der Waals surface area contributed by atoms with Crippen LogP contribution in [0.15, 0.2) is 30.3 Å². The Balaban J connectivity index is 0.00000133. The fraction of sp³-hybridized carbons (Fsp3) is 0.533. The second-order valence-corrected chi connectivity index (χ2v) is 5.67. The molecule has 1 amide bonds. The normalized spacial score (nSPS) is 29.8. The first-order valence-electron chi connectivity index (χ1n) is 6.72. The first kappa shape index (κ1) is 14.4. The van der Waals surface area contributed by atoms with Crippen molar-refractivity contribution in [3.8, 4) is 0 Å². The van der Waals surface area contributed by atoms with Crippen LogP contribution in [0.3, 0.4) is 0 Å². The Kier molecular flexibility index (Phi) is 4.16. The molecule has 2 atom stereocenters. The largest absolute Gasteiger partial charge is 0.345 e. The summed E-state index contributed by atoms with van der Waals surface area (Å²) in [5.41, 5.74) is 1.07. The van der Waals surface area contributed by atoms with Gasteiger partial charge in [-0.05, 0) is 30.9 Å². The Labute approximate surface area is 120 Å². The van der Waals surface area contributed by atoms with Crippen molar-refractivity contribution >= 4 is 18.3 Å². The molecule has 2 unspecified atom stereocenters. The topological polar surface area (TPSA) is 32.3 Å². The smallest absolute Gasteiger partial charge is 0.230 e. The van der Waals surface area contributed by atoms with Crippen LogP contribution in [0.25, 0.3) is 0 Å². The number of fused-ring (bicyclic) bond motifs is 1. The highest BCUT2D eigenvalue weighted by Gasteiger charge is 2.53.